The molecule has 2 aromatic rings. The number of anilines is 1. The van der Waals surface area contributed by atoms with Crippen LogP contribution in [-0.2, 0) is 11.3 Å². The fourth-order valence-corrected chi connectivity index (χ4v) is 3.05. The number of hydrogen-bond acceptors (Lipinski definition) is 3. The lowest BCUT2D eigenvalue weighted by Crippen LogP contribution is -2.41. The van der Waals surface area contributed by atoms with Gasteiger partial charge < -0.3 is 15.0 Å². The Hall–Kier alpha value is -2.84. The van der Waals surface area contributed by atoms with Crippen LogP contribution in [0, 0.1) is 17.2 Å². The molecule has 2 aromatic carbocycles. The van der Waals surface area contributed by atoms with Gasteiger partial charge in [0.1, 0.15) is 0 Å². The third-order valence-corrected chi connectivity index (χ3v) is 4.63. The number of rotatable bonds is 5. The lowest BCUT2D eigenvalue weighted by Gasteiger charge is -2.31. The van der Waals surface area contributed by atoms with Gasteiger partial charge in [0.15, 0.2) is 0 Å². The first-order chi connectivity index (χ1) is 12.7. The van der Waals surface area contributed by atoms with Crippen LogP contribution in [0.25, 0.3) is 0 Å². The number of ether oxygens (including phenoxy) is 1. The van der Waals surface area contributed by atoms with Gasteiger partial charge in [0, 0.05) is 25.4 Å². The molecule has 1 aliphatic rings. The summed E-state index contributed by atoms with van der Waals surface area (Å²) >= 11 is 0. The molecule has 0 aromatic heterocycles. The zero-order valence-corrected chi connectivity index (χ0v) is 14.7. The number of urea groups is 1. The maximum atomic E-state index is 12.3. The standard InChI is InChI=1S/C21H23N3O2/c22-14-17-6-8-18(9-7-17)15-26-16-19-10-12-24(13-11-19)21(25)23-20-4-2-1-3-5-20/h1-9,19H,10-13,15-16H2,(H,23,25). The van der Waals surface area contributed by atoms with Gasteiger partial charge in [0.05, 0.1) is 18.2 Å². The fourth-order valence-electron chi connectivity index (χ4n) is 3.05. The number of likely N-dealkylation sites (tertiary alicyclic amines) is 1. The third kappa shape index (κ3) is 5.08. The summed E-state index contributed by atoms with van der Waals surface area (Å²) < 4.78 is 5.82. The Bertz CT molecular complexity index is 745. The van der Waals surface area contributed by atoms with Gasteiger partial charge in [0.25, 0.3) is 0 Å². The van der Waals surface area contributed by atoms with E-state index in [9.17, 15) is 4.79 Å². The van der Waals surface area contributed by atoms with Gasteiger partial charge in [-0.3, -0.25) is 0 Å². The first-order valence-corrected chi connectivity index (χ1v) is 8.92. The van der Waals surface area contributed by atoms with Crippen molar-refractivity contribution in [3.05, 3.63) is 65.7 Å². The zero-order chi connectivity index (χ0) is 18.2. The number of carbonyl (C=O) groups excluding carboxylic acids is 1. The second-order valence-electron chi connectivity index (χ2n) is 6.55. The minimum Gasteiger partial charge on any atom is -0.376 e. The minimum atomic E-state index is -0.0341. The Morgan fingerprint density at radius 1 is 1.12 bits per heavy atom. The van der Waals surface area contributed by atoms with Gasteiger partial charge in [-0.15, -0.1) is 0 Å². The Kier molecular flexibility index (Phi) is 6.24. The van der Waals surface area contributed by atoms with Crippen molar-refractivity contribution in [3.8, 4) is 6.07 Å². The molecule has 1 aliphatic heterocycles. The fraction of sp³-hybridized carbons (Fsp3) is 0.333. The van der Waals surface area contributed by atoms with Crippen LogP contribution < -0.4 is 5.32 Å². The van der Waals surface area contributed by atoms with Crippen molar-refractivity contribution in [1.29, 1.82) is 5.26 Å². The van der Waals surface area contributed by atoms with E-state index in [1.54, 1.807) is 0 Å². The van der Waals surface area contributed by atoms with Gasteiger partial charge in [-0.05, 0) is 48.6 Å². The van der Waals surface area contributed by atoms with Crippen molar-refractivity contribution in [2.45, 2.75) is 19.4 Å². The molecule has 5 heteroatoms. The van der Waals surface area contributed by atoms with E-state index in [0.717, 1.165) is 37.2 Å². The van der Waals surface area contributed by atoms with E-state index >= 15 is 0 Å². The quantitative estimate of drug-likeness (QED) is 0.887. The molecule has 0 spiro atoms. The van der Waals surface area contributed by atoms with Crippen molar-refractivity contribution in [3.63, 3.8) is 0 Å². The van der Waals surface area contributed by atoms with Gasteiger partial charge in [0.2, 0.25) is 0 Å². The summed E-state index contributed by atoms with van der Waals surface area (Å²) in [6.45, 7) is 2.77. The maximum Gasteiger partial charge on any atom is 0.321 e. The average molecular weight is 349 g/mol. The summed E-state index contributed by atoms with van der Waals surface area (Å²) in [4.78, 5) is 14.2. The third-order valence-electron chi connectivity index (χ3n) is 4.63. The Morgan fingerprint density at radius 2 is 1.81 bits per heavy atom. The van der Waals surface area contributed by atoms with Gasteiger partial charge in [-0.1, -0.05) is 30.3 Å². The predicted octanol–water partition coefficient (Wildman–Crippen LogP) is 4.02. The summed E-state index contributed by atoms with van der Waals surface area (Å²) in [6.07, 6.45) is 1.91. The second-order valence-corrected chi connectivity index (χ2v) is 6.55. The first-order valence-electron chi connectivity index (χ1n) is 8.92. The van der Waals surface area contributed by atoms with Crippen LogP contribution in [0.4, 0.5) is 10.5 Å². The lowest BCUT2D eigenvalue weighted by molar-refractivity contribution is 0.0640. The largest absolute Gasteiger partial charge is 0.376 e. The molecule has 2 amide bonds. The number of para-hydroxylation sites is 1. The molecule has 1 N–H and O–H groups in total. The normalized spacial score (nSPS) is 14.7. The Morgan fingerprint density at radius 3 is 2.46 bits per heavy atom. The summed E-state index contributed by atoms with van der Waals surface area (Å²) in [5.41, 5.74) is 2.56. The Labute approximate surface area is 154 Å². The predicted molar refractivity (Wildman–Crippen MR) is 101 cm³/mol. The van der Waals surface area contributed by atoms with Crippen LogP contribution in [0.1, 0.15) is 24.0 Å². The highest BCUT2D eigenvalue weighted by molar-refractivity contribution is 5.89. The van der Waals surface area contributed by atoms with E-state index in [1.165, 1.54) is 0 Å². The number of hydrogen-bond donors (Lipinski definition) is 1. The molecular formula is C21H23N3O2. The monoisotopic (exact) mass is 349 g/mol. The number of benzene rings is 2. The van der Waals surface area contributed by atoms with Crippen molar-refractivity contribution in [2.24, 2.45) is 5.92 Å². The molecule has 3 rings (SSSR count). The van der Waals surface area contributed by atoms with Crippen LogP contribution in [0.15, 0.2) is 54.6 Å². The zero-order valence-electron chi connectivity index (χ0n) is 14.7. The summed E-state index contributed by atoms with van der Waals surface area (Å²) in [5, 5.41) is 11.7. The Balaban J connectivity index is 1.37. The highest BCUT2D eigenvalue weighted by Crippen LogP contribution is 2.19. The number of nitrogens with zero attached hydrogens (tertiary/aromatic N) is 2. The molecule has 0 aliphatic carbocycles. The lowest BCUT2D eigenvalue weighted by atomic mass is 9.98. The van der Waals surface area contributed by atoms with E-state index in [0.29, 0.717) is 24.7 Å². The second kappa shape index (κ2) is 9.02. The van der Waals surface area contributed by atoms with E-state index < -0.39 is 0 Å². The van der Waals surface area contributed by atoms with Crippen LogP contribution >= 0.6 is 0 Å². The van der Waals surface area contributed by atoms with Crippen LogP contribution in [0.3, 0.4) is 0 Å². The van der Waals surface area contributed by atoms with Crippen molar-refractivity contribution in [1.82, 2.24) is 4.90 Å². The number of nitrogens with one attached hydrogen (secondary N) is 1. The molecule has 134 valence electrons. The van der Waals surface area contributed by atoms with Crippen molar-refractivity contribution < 1.29 is 9.53 Å². The van der Waals surface area contributed by atoms with E-state index in [4.69, 9.17) is 10.00 Å². The molecule has 5 nitrogen and oxygen atoms in total. The van der Waals surface area contributed by atoms with Crippen LogP contribution in [0.2, 0.25) is 0 Å². The molecule has 0 radical (unpaired) electrons. The highest BCUT2D eigenvalue weighted by atomic mass is 16.5. The molecule has 0 bridgehead atoms. The van der Waals surface area contributed by atoms with Gasteiger partial charge >= 0.3 is 6.03 Å². The van der Waals surface area contributed by atoms with Gasteiger partial charge in [-0.2, -0.15) is 5.26 Å². The number of nitriles is 1. The van der Waals surface area contributed by atoms with Crippen LogP contribution in [0.5, 0.6) is 0 Å². The molecule has 0 unspecified atom stereocenters. The molecule has 1 fully saturated rings. The molecule has 26 heavy (non-hydrogen) atoms. The molecule has 1 saturated heterocycles. The summed E-state index contributed by atoms with van der Waals surface area (Å²) in [6, 6.07) is 19.1. The van der Waals surface area contributed by atoms with E-state index in [2.05, 4.69) is 11.4 Å². The SMILES string of the molecule is N#Cc1ccc(COCC2CCN(C(=O)Nc3ccccc3)CC2)cc1. The molecule has 1 heterocycles. The van der Waals surface area contributed by atoms with E-state index in [1.807, 2.05) is 59.5 Å². The van der Waals surface area contributed by atoms with Gasteiger partial charge in [-0.25, -0.2) is 4.79 Å². The molecule has 0 saturated carbocycles. The smallest absolute Gasteiger partial charge is 0.321 e. The van der Waals surface area contributed by atoms with Crippen molar-refractivity contribution >= 4 is 11.7 Å². The summed E-state index contributed by atoms with van der Waals surface area (Å²) in [7, 11) is 0. The average Bonchev–Trinajstić information content (AvgIpc) is 2.70. The molecular weight excluding hydrogens is 326 g/mol. The first kappa shape index (κ1) is 18.0. The van der Waals surface area contributed by atoms with E-state index in [-0.39, 0.29) is 6.03 Å². The number of piperidine rings is 1. The van der Waals surface area contributed by atoms with Crippen LogP contribution in [-0.4, -0.2) is 30.6 Å². The minimum absolute atomic E-state index is 0.0341. The number of carbonyl (C=O) groups is 1. The number of amides is 2. The molecule has 0 atom stereocenters. The maximum absolute atomic E-state index is 12.3. The topological polar surface area (TPSA) is 65.4 Å². The summed E-state index contributed by atoms with van der Waals surface area (Å²) in [5.74, 6) is 0.481. The van der Waals surface area contributed by atoms with Crippen molar-refractivity contribution in [2.75, 3.05) is 25.0 Å². The highest BCUT2D eigenvalue weighted by Gasteiger charge is 2.22.